The molecule has 2 unspecified atom stereocenters. The molecule has 4 saturated carbocycles. The average molecular weight is 403 g/mol. The van der Waals surface area contributed by atoms with E-state index in [0.717, 1.165) is 44.9 Å². The van der Waals surface area contributed by atoms with E-state index in [4.69, 9.17) is 0 Å². The van der Waals surface area contributed by atoms with Crippen LogP contribution in [0.15, 0.2) is 6.07 Å². The maximum Gasteiger partial charge on any atom is 0.279 e. The van der Waals surface area contributed by atoms with E-state index in [-0.39, 0.29) is 17.2 Å². The van der Waals surface area contributed by atoms with Crippen LogP contribution in [0.2, 0.25) is 0 Å². The molecule has 28 heavy (non-hydrogen) atoms. The van der Waals surface area contributed by atoms with Crippen molar-refractivity contribution >= 4 is 23.2 Å². The summed E-state index contributed by atoms with van der Waals surface area (Å²) in [5, 5.41) is 10.8. The van der Waals surface area contributed by atoms with Crippen molar-refractivity contribution in [1.29, 1.82) is 0 Å². The van der Waals surface area contributed by atoms with Gasteiger partial charge in [0.1, 0.15) is 0 Å². The van der Waals surface area contributed by atoms with Crippen LogP contribution in [0.4, 0.5) is 0 Å². The number of carbonyl (C=O) groups is 2. The zero-order chi connectivity index (χ0) is 19.4. The molecule has 5 nitrogen and oxygen atoms in total. The largest absolute Gasteiger partial charge is 0.390 e. The molecule has 6 rings (SSSR count). The molecule has 152 valence electrons. The van der Waals surface area contributed by atoms with Gasteiger partial charge < -0.3 is 5.11 Å². The Bertz CT molecular complexity index is 764. The maximum atomic E-state index is 12.6. The van der Waals surface area contributed by atoms with E-state index in [2.05, 4.69) is 10.9 Å². The first-order chi connectivity index (χ1) is 13.4. The van der Waals surface area contributed by atoms with Crippen molar-refractivity contribution < 1.29 is 14.7 Å². The lowest BCUT2D eigenvalue weighted by Crippen LogP contribution is -2.57. The van der Waals surface area contributed by atoms with Crippen LogP contribution in [0.1, 0.15) is 84.3 Å². The molecule has 2 amide bonds. The van der Waals surface area contributed by atoms with Crippen LogP contribution in [0.25, 0.3) is 0 Å². The summed E-state index contributed by atoms with van der Waals surface area (Å²) in [5.41, 5.74) is 5.95. The predicted molar refractivity (Wildman–Crippen MR) is 108 cm³/mol. The minimum Gasteiger partial charge on any atom is -0.390 e. The Labute approximate surface area is 170 Å². The number of rotatable bonds is 3. The van der Waals surface area contributed by atoms with Gasteiger partial charge in [-0.2, -0.15) is 0 Å². The Morgan fingerprint density at radius 1 is 1.07 bits per heavy atom. The molecule has 0 spiro atoms. The quantitative estimate of drug-likeness (QED) is 0.535. The molecule has 1 aromatic heterocycles. The number of carbonyl (C=O) groups excluding carboxylic acids is 2. The van der Waals surface area contributed by atoms with Gasteiger partial charge in [-0.15, -0.1) is 11.3 Å². The third kappa shape index (κ3) is 3.50. The minimum atomic E-state index is -0.553. The standard InChI is InChI=1S/C22H30N2O3S/c25-19(12-21-8-14-6-15(9-21)11-22(27,10-14)13-21)23-24-20(26)18-7-16-4-2-1-3-5-17(16)28-18/h7,14-15,27H,1-6,8-13H2,(H,23,25)(H,24,26). The summed E-state index contributed by atoms with van der Waals surface area (Å²) in [6.45, 7) is 0. The normalized spacial score (nSPS) is 35.9. The highest BCUT2D eigenvalue weighted by atomic mass is 32.1. The molecule has 4 fully saturated rings. The van der Waals surface area contributed by atoms with Gasteiger partial charge in [0.25, 0.3) is 5.91 Å². The monoisotopic (exact) mass is 402 g/mol. The molecule has 1 aromatic rings. The van der Waals surface area contributed by atoms with Crippen LogP contribution >= 0.6 is 11.3 Å². The van der Waals surface area contributed by atoms with Gasteiger partial charge in [0.15, 0.2) is 0 Å². The van der Waals surface area contributed by atoms with E-state index in [1.165, 1.54) is 36.1 Å². The van der Waals surface area contributed by atoms with Gasteiger partial charge >= 0.3 is 0 Å². The summed E-state index contributed by atoms with van der Waals surface area (Å²) < 4.78 is 0. The third-order valence-electron chi connectivity index (χ3n) is 7.47. The van der Waals surface area contributed by atoms with Crippen molar-refractivity contribution in [3.63, 3.8) is 0 Å². The molecule has 2 atom stereocenters. The lowest BCUT2D eigenvalue weighted by Gasteiger charge is -2.60. The first-order valence-electron chi connectivity index (χ1n) is 10.9. The number of amides is 2. The highest BCUT2D eigenvalue weighted by Gasteiger charge is 2.57. The van der Waals surface area contributed by atoms with Crippen LogP contribution in [0, 0.1) is 17.3 Å². The van der Waals surface area contributed by atoms with E-state index in [1.807, 2.05) is 6.07 Å². The number of thiophene rings is 1. The molecule has 3 N–H and O–H groups in total. The van der Waals surface area contributed by atoms with Crippen molar-refractivity contribution in [1.82, 2.24) is 10.9 Å². The van der Waals surface area contributed by atoms with Crippen molar-refractivity contribution in [3.05, 3.63) is 21.4 Å². The van der Waals surface area contributed by atoms with E-state index in [1.54, 1.807) is 11.3 Å². The first kappa shape index (κ1) is 18.6. The fraction of sp³-hybridized carbons (Fsp3) is 0.727. The number of fused-ring (bicyclic) bond motifs is 1. The summed E-state index contributed by atoms with van der Waals surface area (Å²) in [6, 6.07) is 2.00. The molecule has 0 radical (unpaired) electrons. The second-order valence-corrected chi connectivity index (χ2v) is 11.1. The molecule has 6 heteroatoms. The number of aryl methyl sites for hydroxylation is 2. The summed E-state index contributed by atoms with van der Waals surface area (Å²) in [7, 11) is 0. The van der Waals surface area contributed by atoms with Crippen LogP contribution in [-0.2, 0) is 17.6 Å². The molecule has 0 saturated heterocycles. The number of hydrogen-bond acceptors (Lipinski definition) is 4. The molecule has 5 aliphatic carbocycles. The van der Waals surface area contributed by atoms with E-state index in [0.29, 0.717) is 23.1 Å². The van der Waals surface area contributed by atoms with Gasteiger partial charge in [0, 0.05) is 11.3 Å². The van der Waals surface area contributed by atoms with E-state index in [9.17, 15) is 14.7 Å². The van der Waals surface area contributed by atoms with E-state index >= 15 is 0 Å². The Hall–Kier alpha value is -1.40. The molecule has 1 heterocycles. The first-order valence-corrected chi connectivity index (χ1v) is 11.7. The zero-order valence-electron chi connectivity index (χ0n) is 16.4. The van der Waals surface area contributed by atoms with Crippen molar-refractivity contribution in [2.45, 2.75) is 82.7 Å². The highest BCUT2D eigenvalue weighted by Crippen LogP contribution is 2.62. The lowest BCUT2D eigenvalue weighted by molar-refractivity contribution is -0.169. The van der Waals surface area contributed by atoms with Crippen LogP contribution < -0.4 is 10.9 Å². The number of hydrogen-bond donors (Lipinski definition) is 3. The van der Waals surface area contributed by atoms with Gasteiger partial charge in [0.2, 0.25) is 5.91 Å². The zero-order valence-corrected chi connectivity index (χ0v) is 17.2. The Morgan fingerprint density at radius 3 is 2.57 bits per heavy atom. The Kier molecular flexibility index (Phi) is 4.55. The topological polar surface area (TPSA) is 78.4 Å². The van der Waals surface area contributed by atoms with Crippen LogP contribution in [-0.4, -0.2) is 22.5 Å². The summed E-state index contributed by atoms with van der Waals surface area (Å²) in [5.74, 6) is 0.790. The van der Waals surface area contributed by atoms with Gasteiger partial charge in [0.05, 0.1) is 10.5 Å². The van der Waals surface area contributed by atoms with E-state index < -0.39 is 5.60 Å². The number of nitrogens with one attached hydrogen (secondary N) is 2. The van der Waals surface area contributed by atoms with Gasteiger partial charge in [-0.1, -0.05) is 6.42 Å². The van der Waals surface area contributed by atoms with Crippen molar-refractivity contribution in [2.75, 3.05) is 0 Å². The van der Waals surface area contributed by atoms with Gasteiger partial charge in [-0.05, 0) is 93.1 Å². The predicted octanol–water partition coefficient (Wildman–Crippen LogP) is 3.50. The van der Waals surface area contributed by atoms with Crippen molar-refractivity contribution in [2.24, 2.45) is 17.3 Å². The second-order valence-electron chi connectivity index (χ2n) is 9.98. The van der Waals surface area contributed by atoms with Crippen molar-refractivity contribution in [3.8, 4) is 0 Å². The summed E-state index contributed by atoms with van der Waals surface area (Å²) in [6.07, 6.45) is 12.0. The Morgan fingerprint density at radius 2 is 1.82 bits per heavy atom. The van der Waals surface area contributed by atoms with Crippen LogP contribution in [0.3, 0.4) is 0 Å². The average Bonchev–Trinajstić information content (AvgIpc) is 2.88. The fourth-order valence-corrected chi connectivity index (χ4v) is 8.11. The molecule has 5 aliphatic rings. The smallest absolute Gasteiger partial charge is 0.279 e. The highest BCUT2D eigenvalue weighted by molar-refractivity contribution is 7.14. The summed E-state index contributed by atoms with van der Waals surface area (Å²) >= 11 is 1.57. The SMILES string of the molecule is O=C(CC12CC3CC(CC(O)(C3)C1)C2)NNC(=O)c1cc2c(s1)CCCCC2. The molecular formula is C22H30N2O3S. The maximum absolute atomic E-state index is 12.6. The second kappa shape index (κ2) is 6.84. The minimum absolute atomic E-state index is 0.0755. The molecular weight excluding hydrogens is 372 g/mol. The fourth-order valence-electron chi connectivity index (χ4n) is 6.96. The number of hydrazine groups is 1. The summed E-state index contributed by atoms with van der Waals surface area (Å²) in [4.78, 5) is 27.1. The van der Waals surface area contributed by atoms with Gasteiger partial charge in [-0.3, -0.25) is 20.4 Å². The molecule has 4 bridgehead atoms. The van der Waals surface area contributed by atoms with Gasteiger partial charge in [-0.25, -0.2) is 0 Å². The van der Waals surface area contributed by atoms with Crippen LogP contribution in [0.5, 0.6) is 0 Å². The molecule has 0 aliphatic heterocycles. The number of aliphatic hydroxyl groups is 1. The lowest BCUT2D eigenvalue weighted by atomic mass is 9.47. The molecule has 0 aromatic carbocycles. The Balaban J connectivity index is 1.18. The third-order valence-corrected chi connectivity index (χ3v) is 8.71.